The summed E-state index contributed by atoms with van der Waals surface area (Å²) >= 11 is 0. The first kappa shape index (κ1) is 55.3. The molecule has 0 aliphatic heterocycles. The maximum absolute atomic E-state index is 12.0. The van der Waals surface area contributed by atoms with Crippen LogP contribution in [0.1, 0.15) is 155 Å². The summed E-state index contributed by atoms with van der Waals surface area (Å²) < 4.78 is 1.42. The largest absolute Gasteiger partial charge is 1.00 e. The Kier molecular flexibility index (Phi) is 30.2. The van der Waals surface area contributed by atoms with Crippen molar-refractivity contribution in [1.82, 2.24) is 0 Å². The number of nitrogens with zero attached hydrogens (tertiary/aromatic N) is 1. The van der Waals surface area contributed by atoms with Gasteiger partial charge in [-0.05, 0) is 122 Å². The first-order valence-corrected chi connectivity index (χ1v) is 24.0. The van der Waals surface area contributed by atoms with Crippen molar-refractivity contribution in [2.75, 3.05) is 47.4 Å². The average molecular weight is 854 g/mol. The van der Waals surface area contributed by atoms with Gasteiger partial charge in [0.15, 0.2) is 0 Å². The number of urea groups is 2. The molecule has 7 nitrogen and oxygen atoms in total. The number of hydrogen-bond donors (Lipinski definition) is 4. The summed E-state index contributed by atoms with van der Waals surface area (Å²) in [7, 11) is 0. The van der Waals surface area contributed by atoms with Gasteiger partial charge in [-0.2, -0.15) is 0 Å². The molecule has 0 aliphatic carbocycles. The summed E-state index contributed by atoms with van der Waals surface area (Å²) in [6.07, 6.45) is 19.8. The van der Waals surface area contributed by atoms with Gasteiger partial charge in [0.1, 0.15) is 0 Å². The van der Waals surface area contributed by atoms with E-state index in [1.807, 2.05) is 48.5 Å². The van der Waals surface area contributed by atoms with Crippen LogP contribution in [0.4, 0.5) is 32.3 Å². The molecule has 62 heavy (non-hydrogen) atoms. The molecule has 0 aliphatic rings. The Balaban J connectivity index is 0.000000467. The quantitative estimate of drug-likeness (QED) is 0.0530. The van der Waals surface area contributed by atoms with E-state index in [9.17, 15) is 9.59 Å². The van der Waals surface area contributed by atoms with E-state index >= 15 is 0 Å². The van der Waals surface area contributed by atoms with Crippen LogP contribution in [0.25, 0.3) is 0 Å². The van der Waals surface area contributed by atoms with Gasteiger partial charge >= 0.3 is 12.1 Å². The maximum atomic E-state index is 12.0. The molecule has 4 N–H and O–H groups in total. The van der Waals surface area contributed by atoms with E-state index in [4.69, 9.17) is 0 Å². The number of unbranched alkanes of at least 4 members (excludes halogenated alkanes) is 4. The van der Waals surface area contributed by atoms with Gasteiger partial charge in [-0.15, -0.1) is 0 Å². The first-order valence-electron chi connectivity index (χ1n) is 24.0. The number of hydrogen-bond acceptors (Lipinski definition) is 2. The lowest BCUT2D eigenvalue weighted by Gasteiger charge is -2.39. The molecule has 0 bridgehead atoms. The summed E-state index contributed by atoms with van der Waals surface area (Å²) in [4.78, 5) is 24.0. The third kappa shape index (κ3) is 23.5. The van der Waals surface area contributed by atoms with Gasteiger partial charge in [0.25, 0.3) is 0 Å². The molecular weight excluding hydrogens is 770 g/mol. The SMILES string of the molecule is CCCC[N+](CCCC)(CCCC)CCCC.CCCc1ccc(NC(=O)Nc2ccc(CCC)cc2)cc1.CCCc1ccc(NC(=O)Nc2ccc(CCC)cc2)cc1.[F-]. The molecule has 0 unspecified atom stereocenters. The van der Waals surface area contributed by atoms with E-state index in [-0.39, 0.29) is 16.8 Å². The number of halogens is 1. The van der Waals surface area contributed by atoms with E-state index in [0.717, 1.165) is 74.1 Å². The second kappa shape index (κ2) is 33.9. The molecule has 0 heterocycles. The van der Waals surface area contributed by atoms with E-state index in [1.54, 1.807) is 0 Å². The molecule has 4 aromatic carbocycles. The Morgan fingerprint density at radius 1 is 0.339 bits per heavy atom. The molecule has 0 aromatic heterocycles. The van der Waals surface area contributed by atoms with Crippen LogP contribution in [0.5, 0.6) is 0 Å². The van der Waals surface area contributed by atoms with Crippen LogP contribution in [0.2, 0.25) is 0 Å². The second-order valence-electron chi connectivity index (χ2n) is 16.6. The Hall–Kier alpha value is -4.69. The van der Waals surface area contributed by atoms with Gasteiger partial charge in [-0.3, -0.25) is 0 Å². The zero-order chi connectivity index (χ0) is 44.6. The highest BCUT2D eigenvalue weighted by molar-refractivity contribution is 6.00. The summed E-state index contributed by atoms with van der Waals surface area (Å²) in [5, 5.41) is 11.4. The van der Waals surface area contributed by atoms with Crippen molar-refractivity contribution in [3.05, 3.63) is 119 Å². The van der Waals surface area contributed by atoms with E-state index in [2.05, 4.69) is 125 Å². The summed E-state index contributed by atoms with van der Waals surface area (Å²) in [5.41, 5.74) is 8.39. The molecule has 4 amide bonds. The molecule has 4 rings (SSSR count). The van der Waals surface area contributed by atoms with Crippen molar-refractivity contribution in [2.24, 2.45) is 0 Å². The number of quaternary nitrogens is 1. The van der Waals surface area contributed by atoms with E-state index in [1.165, 1.54) is 104 Å². The fourth-order valence-corrected chi connectivity index (χ4v) is 7.41. The molecule has 4 aromatic rings. The number of benzene rings is 4. The average Bonchev–Trinajstić information content (AvgIpc) is 3.27. The standard InChI is InChI=1S/2C19H24N2O.C16H36N.FH/c2*1-3-5-15-7-11-17(12-8-15)20-19(22)21-18-13-9-16(6-4-2)10-14-18;1-5-9-13-17(14-10-6-2,15-11-7-3)16-12-8-4;/h2*7-14H,3-6H2,1-2H3,(H2,20,21,22);5-16H2,1-4H3;1H/q;;+1;/p-1. The second-order valence-corrected chi connectivity index (χ2v) is 16.6. The van der Waals surface area contributed by atoms with Crippen LogP contribution in [0.15, 0.2) is 97.1 Å². The molecule has 344 valence electrons. The minimum absolute atomic E-state index is 0. The van der Waals surface area contributed by atoms with Crippen molar-refractivity contribution in [3.63, 3.8) is 0 Å². The number of anilines is 4. The fourth-order valence-electron chi connectivity index (χ4n) is 7.41. The Bertz CT molecular complexity index is 1450. The zero-order valence-electron chi connectivity index (χ0n) is 40.0. The Labute approximate surface area is 377 Å². The molecular formula is C54H84FN5O2. The number of carbonyl (C=O) groups is 2. The minimum Gasteiger partial charge on any atom is -1.00 e. The maximum Gasteiger partial charge on any atom is 0.323 e. The van der Waals surface area contributed by atoms with Gasteiger partial charge in [0, 0.05) is 22.7 Å². The van der Waals surface area contributed by atoms with Crippen molar-refractivity contribution >= 4 is 34.8 Å². The van der Waals surface area contributed by atoms with Gasteiger partial charge in [0.05, 0.1) is 26.2 Å². The number of carbonyl (C=O) groups excluding carboxylic acids is 2. The predicted molar refractivity (Wildman–Crippen MR) is 266 cm³/mol. The minimum atomic E-state index is -0.216. The lowest BCUT2D eigenvalue weighted by molar-refractivity contribution is -0.929. The third-order valence-corrected chi connectivity index (χ3v) is 10.9. The highest BCUT2D eigenvalue weighted by atomic mass is 19.0. The van der Waals surface area contributed by atoms with Crippen LogP contribution in [-0.4, -0.2) is 42.7 Å². The van der Waals surface area contributed by atoms with Crippen LogP contribution >= 0.6 is 0 Å². The first-order chi connectivity index (χ1) is 29.7. The van der Waals surface area contributed by atoms with Gasteiger partial charge in [-0.1, -0.05) is 155 Å². The summed E-state index contributed by atoms with van der Waals surface area (Å²) in [6, 6.07) is 31.5. The van der Waals surface area contributed by atoms with Crippen molar-refractivity contribution in [3.8, 4) is 0 Å². The van der Waals surface area contributed by atoms with Crippen LogP contribution in [0, 0.1) is 0 Å². The molecule has 0 atom stereocenters. The number of nitrogens with one attached hydrogen (secondary N) is 4. The van der Waals surface area contributed by atoms with Gasteiger partial charge in [0.2, 0.25) is 0 Å². The smallest absolute Gasteiger partial charge is 0.323 e. The van der Waals surface area contributed by atoms with E-state index in [0.29, 0.717) is 0 Å². The van der Waals surface area contributed by atoms with Crippen LogP contribution < -0.4 is 26.0 Å². The van der Waals surface area contributed by atoms with Crippen molar-refractivity contribution < 1.29 is 18.8 Å². The molecule has 0 radical (unpaired) electrons. The monoisotopic (exact) mass is 854 g/mol. The molecule has 0 saturated heterocycles. The molecule has 0 saturated carbocycles. The lowest BCUT2D eigenvalue weighted by atomic mass is 10.1. The highest BCUT2D eigenvalue weighted by Gasteiger charge is 2.24. The number of amides is 4. The third-order valence-electron chi connectivity index (χ3n) is 10.9. The summed E-state index contributed by atoms with van der Waals surface area (Å²) in [5.74, 6) is 0. The molecule has 0 spiro atoms. The zero-order valence-corrected chi connectivity index (χ0v) is 40.0. The summed E-state index contributed by atoms with van der Waals surface area (Å²) in [6.45, 7) is 23.7. The van der Waals surface area contributed by atoms with Crippen molar-refractivity contribution in [2.45, 2.75) is 158 Å². The van der Waals surface area contributed by atoms with E-state index < -0.39 is 0 Å². The molecule has 8 heteroatoms. The predicted octanol–water partition coefficient (Wildman–Crippen LogP) is 12.5. The van der Waals surface area contributed by atoms with Crippen LogP contribution in [-0.2, 0) is 25.7 Å². The Morgan fingerprint density at radius 3 is 0.694 bits per heavy atom. The fraction of sp³-hybridized carbons (Fsp3) is 0.519. The Morgan fingerprint density at radius 2 is 0.532 bits per heavy atom. The topological polar surface area (TPSA) is 82.3 Å². The van der Waals surface area contributed by atoms with Crippen molar-refractivity contribution in [1.29, 1.82) is 0 Å². The van der Waals surface area contributed by atoms with Gasteiger partial charge in [-0.25, -0.2) is 9.59 Å². The highest BCUT2D eigenvalue weighted by Crippen LogP contribution is 2.18. The number of aryl methyl sites for hydroxylation is 4. The van der Waals surface area contributed by atoms with Gasteiger partial charge < -0.3 is 30.5 Å². The molecule has 0 fully saturated rings. The lowest BCUT2D eigenvalue weighted by Crippen LogP contribution is -3.00. The van der Waals surface area contributed by atoms with Crippen LogP contribution in [0.3, 0.4) is 0 Å². The number of rotatable bonds is 24. The normalized spacial score (nSPS) is 10.6.